The van der Waals surface area contributed by atoms with E-state index in [0.29, 0.717) is 41.9 Å². The van der Waals surface area contributed by atoms with Gasteiger partial charge in [0.2, 0.25) is 11.7 Å². The molecule has 0 radical (unpaired) electrons. The molecule has 0 atom stereocenters. The van der Waals surface area contributed by atoms with Crippen LogP contribution < -0.4 is 0 Å². The summed E-state index contributed by atoms with van der Waals surface area (Å²) in [5, 5.41) is 9.21. The van der Waals surface area contributed by atoms with Crippen LogP contribution in [0.15, 0.2) is 59.3 Å². The quantitative estimate of drug-likeness (QED) is 0.430. The van der Waals surface area contributed by atoms with Crippen LogP contribution >= 0.6 is 11.6 Å². The van der Waals surface area contributed by atoms with Crippen LogP contribution in [-0.4, -0.2) is 61.8 Å². The van der Waals surface area contributed by atoms with Crippen LogP contribution in [0.25, 0.3) is 17.1 Å². The van der Waals surface area contributed by atoms with E-state index in [-0.39, 0.29) is 5.91 Å². The second kappa shape index (κ2) is 9.40. The fraction of sp³-hybridized carbons (Fsp3) is 0.280. The minimum Gasteiger partial charge on any atom is -0.338 e. The number of benzene rings is 2. The fourth-order valence-electron chi connectivity index (χ4n) is 4.15. The van der Waals surface area contributed by atoms with Gasteiger partial charge in [-0.3, -0.25) is 9.69 Å². The maximum Gasteiger partial charge on any atom is 0.257 e. The summed E-state index contributed by atoms with van der Waals surface area (Å²) >= 11 is 5.95. The molecule has 0 unspecified atom stereocenters. The number of nitrogens with zero attached hydrogens (tertiary/aromatic N) is 6. The van der Waals surface area contributed by atoms with E-state index in [0.717, 1.165) is 35.6 Å². The Morgan fingerprint density at radius 1 is 1.06 bits per heavy atom. The van der Waals surface area contributed by atoms with Crippen LogP contribution in [-0.2, 0) is 6.54 Å². The second-order valence-corrected chi connectivity index (χ2v) is 8.92. The maximum absolute atomic E-state index is 13.2. The van der Waals surface area contributed by atoms with Gasteiger partial charge in [-0.25, -0.2) is 4.68 Å². The van der Waals surface area contributed by atoms with E-state index in [1.54, 1.807) is 18.3 Å². The zero-order valence-corrected chi connectivity index (χ0v) is 19.9. The van der Waals surface area contributed by atoms with E-state index in [9.17, 15) is 4.79 Å². The lowest BCUT2D eigenvalue weighted by Crippen LogP contribution is -2.48. The summed E-state index contributed by atoms with van der Waals surface area (Å²) in [7, 11) is 0. The zero-order chi connectivity index (χ0) is 23.7. The van der Waals surface area contributed by atoms with Crippen molar-refractivity contribution in [2.45, 2.75) is 20.4 Å². The van der Waals surface area contributed by atoms with Crippen molar-refractivity contribution >= 4 is 17.5 Å². The molecule has 4 aromatic rings. The summed E-state index contributed by atoms with van der Waals surface area (Å²) in [5.74, 6) is 1.11. The summed E-state index contributed by atoms with van der Waals surface area (Å²) in [6.07, 6.45) is 1.67. The van der Waals surface area contributed by atoms with Gasteiger partial charge in [-0.1, -0.05) is 28.9 Å². The van der Waals surface area contributed by atoms with Gasteiger partial charge in [-0.15, -0.1) is 0 Å². The molecule has 1 aliphatic rings. The predicted octanol–water partition coefficient (Wildman–Crippen LogP) is 4.15. The zero-order valence-electron chi connectivity index (χ0n) is 19.1. The molecule has 1 amide bonds. The highest BCUT2D eigenvalue weighted by molar-refractivity contribution is 6.30. The van der Waals surface area contributed by atoms with E-state index in [2.05, 4.69) is 26.2 Å². The van der Waals surface area contributed by atoms with Gasteiger partial charge in [0, 0.05) is 36.8 Å². The average molecular weight is 477 g/mol. The number of piperazine rings is 1. The Balaban J connectivity index is 1.20. The van der Waals surface area contributed by atoms with E-state index in [1.807, 2.05) is 53.8 Å². The highest BCUT2D eigenvalue weighted by atomic mass is 35.5. The molecule has 2 aromatic carbocycles. The SMILES string of the molecule is Cc1cccc(-n2ncc(C(=O)N3CCN(Cc4nc(-c5ccc(Cl)cc5)no4)CC3)c2C)c1. The predicted molar refractivity (Wildman–Crippen MR) is 129 cm³/mol. The Bertz CT molecular complexity index is 1310. The number of halogens is 1. The van der Waals surface area contributed by atoms with Gasteiger partial charge >= 0.3 is 0 Å². The van der Waals surface area contributed by atoms with Gasteiger partial charge in [0.05, 0.1) is 29.7 Å². The molecule has 8 nitrogen and oxygen atoms in total. The van der Waals surface area contributed by atoms with Crippen molar-refractivity contribution in [3.8, 4) is 17.1 Å². The number of rotatable bonds is 5. The molecule has 3 heterocycles. The Kier molecular flexibility index (Phi) is 6.17. The Morgan fingerprint density at radius 3 is 2.56 bits per heavy atom. The maximum atomic E-state index is 13.2. The highest BCUT2D eigenvalue weighted by Gasteiger charge is 2.26. The molecule has 1 aliphatic heterocycles. The number of carbonyl (C=O) groups is 1. The molecule has 0 saturated carbocycles. The van der Waals surface area contributed by atoms with Crippen molar-refractivity contribution in [1.82, 2.24) is 29.7 Å². The third kappa shape index (κ3) is 4.60. The summed E-state index contributed by atoms with van der Waals surface area (Å²) < 4.78 is 7.26. The first-order valence-electron chi connectivity index (χ1n) is 11.2. The monoisotopic (exact) mass is 476 g/mol. The summed E-state index contributed by atoms with van der Waals surface area (Å²) in [4.78, 5) is 21.8. The Hall–Kier alpha value is -3.49. The van der Waals surface area contributed by atoms with Crippen molar-refractivity contribution in [3.05, 3.63) is 82.5 Å². The van der Waals surface area contributed by atoms with Crippen molar-refractivity contribution in [2.24, 2.45) is 0 Å². The Labute approximate surface area is 202 Å². The summed E-state index contributed by atoms with van der Waals surface area (Å²) in [5.41, 5.74) is 4.45. The van der Waals surface area contributed by atoms with Crippen LogP contribution in [0.5, 0.6) is 0 Å². The molecule has 9 heteroatoms. The summed E-state index contributed by atoms with van der Waals surface area (Å²) in [6, 6.07) is 15.4. The van der Waals surface area contributed by atoms with Crippen molar-refractivity contribution < 1.29 is 9.32 Å². The van der Waals surface area contributed by atoms with E-state index < -0.39 is 0 Å². The lowest BCUT2D eigenvalue weighted by Gasteiger charge is -2.33. The number of aromatic nitrogens is 4. The molecule has 5 rings (SSSR count). The molecule has 1 saturated heterocycles. The fourth-order valence-corrected chi connectivity index (χ4v) is 4.27. The highest BCUT2D eigenvalue weighted by Crippen LogP contribution is 2.20. The minimum atomic E-state index is 0.0128. The largest absolute Gasteiger partial charge is 0.338 e. The number of aryl methyl sites for hydroxylation is 1. The lowest BCUT2D eigenvalue weighted by molar-refractivity contribution is 0.0614. The van der Waals surface area contributed by atoms with Crippen molar-refractivity contribution in [3.63, 3.8) is 0 Å². The number of carbonyl (C=O) groups excluding carboxylic acids is 1. The molecule has 0 bridgehead atoms. The first-order valence-corrected chi connectivity index (χ1v) is 11.6. The summed E-state index contributed by atoms with van der Waals surface area (Å²) in [6.45, 7) is 7.25. The lowest BCUT2D eigenvalue weighted by atomic mass is 10.2. The first-order chi connectivity index (χ1) is 16.5. The standard InChI is InChI=1S/C25H25ClN6O2/c1-17-4-3-5-21(14-17)32-18(2)22(15-27-32)25(33)31-12-10-30(11-13-31)16-23-28-24(29-34-23)19-6-8-20(26)9-7-19/h3-9,14-15H,10-13,16H2,1-2H3. The molecular weight excluding hydrogens is 452 g/mol. The molecule has 2 aromatic heterocycles. The van der Waals surface area contributed by atoms with Crippen LogP contribution in [0, 0.1) is 13.8 Å². The third-order valence-electron chi connectivity index (χ3n) is 6.08. The molecule has 0 N–H and O–H groups in total. The van der Waals surface area contributed by atoms with Gasteiger partial charge in [0.1, 0.15) is 0 Å². The molecular formula is C25H25ClN6O2. The van der Waals surface area contributed by atoms with Crippen LogP contribution in [0.4, 0.5) is 0 Å². The van der Waals surface area contributed by atoms with Crippen LogP contribution in [0.2, 0.25) is 5.02 Å². The Morgan fingerprint density at radius 2 is 1.82 bits per heavy atom. The van der Waals surface area contributed by atoms with E-state index in [4.69, 9.17) is 16.1 Å². The van der Waals surface area contributed by atoms with Gasteiger partial charge < -0.3 is 9.42 Å². The molecule has 34 heavy (non-hydrogen) atoms. The molecule has 0 aliphatic carbocycles. The van der Waals surface area contributed by atoms with E-state index >= 15 is 0 Å². The topological polar surface area (TPSA) is 80.3 Å². The number of hydrogen-bond donors (Lipinski definition) is 0. The molecule has 0 spiro atoms. The second-order valence-electron chi connectivity index (χ2n) is 8.48. The number of hydrogen-bond acceptors (Lipinski definition) is 6. The number of amides is 1. The van der Waals surface area contributed by atoms with Gasteiger partial charge in [0.25, 0.3) is 5.91 Å². The van der Waals surface area contributed by atoms with Gasteiger partial charge in [0.15, 0.2) is 0 Å². The van der Waals surface area contributed by atoms with Gasteiger partial charge in [-0.2, -0.15) is 10.1 Å². The van der Waals surface area contributed by atoms with Gasteiger partial charge in [-0.05, 0) is 55.8 Å². The smallest absolute Gasteiger partial charge is 0.257 e. The minimum absolute atomic E-state index is 0.0128. The van der Waals surface area contributed by atoms with Crippen molar-refractivity contribution in [1.29, 1.82) is 0 Å². The normalized spacial score (nSPS) is 14.5. The molecule has 174 valence electrons. The third-order valence-corrected chi connectivity index (χ3v) is 6.33. The van der Waals surface area contributed by atoms with Crippen molar-refractivity contribution in [2.75, 3.05) is 26.2 Å². The van der Waals surface area contributed by atoms with Crippen LogP contribution in [0.3, 0.4) is 0 Å². The van der Waals surface area contributed by atoms with E-state index in [1.165, 1.54) is 0 Å². The first kappa shape index (κ1) is 22.3. The van der Waals surface area contributed by atoms with Crippen LogP contribution in [0.1, 0.15) is 27.5 Å². The molecule has 1 fully saturated rings. The average Bonchev–Trinajstić information content (AvgIpc) is 3.46.